The minimum Gasteiger partial charge on any atom is -0.487 e. The normalized spacial score (nSPS) is 16.2. The van der Waals surface area contributed by atoms with Crippen molar-refractivity contribution in [2.75, 3.05) is 11.4 Å². The van der Waals surface area contributed by atoms with E-state index in [1.54, 1.807) is 23.4 Å². The highest BCUT2D eigenvalue weighted by Crippen LogP contribution is 2.36. The minimum absolute atomic E-state index is 0.178. The molecule has 3 heterocycles. The van der Waals surface area contributed by atoms with Crippen molar-refractivity contribution in [1.29, 1.82) is 0 Å². The number of ether oxygens (including phenoxy) is 1. The summed E-state index contributed by atoms with van der Waals surface area (Å²) in [5.41, 5.74) is 1.29. The van der Waals surface area contributed by atoms with E-state index in [0.717, 1.165) is 5.69 Å². The molecule has 1 aliphatic heterocycles. The Balaban J connectivity index is 1.67. The molecule has 0 spiro atoms. The van der Waals surface area contributed by atoms with Crippen LogP contribution in [0.2, 0.25) is 0 Å². The summed E-state index contributed by atoms with van der Waals surface area (Å²) >= 11 is 1.29. The summed E-state index contributed by atoms with van der Waals surface area (Å²) in [7, 11) is 0. The zero-order valence-corrected chi connectivity index (χ0v) is 14.2. The highest BCUT2D eigenvalue weighted by molar-refractivity contribution is 7.17. The van der Waals surface area contributed by atoms with Gasteiger partial charge in [-0.05, 0) is 31.2 Å². The fourth-order valence-corrected chi connectivity index (χ4v) is 3.56. The van der Waals surface area contributed by atoms with E-state index in [9.17, 15) is 9.18 Å². The van der Waals surface area contributed by atoms with Crippen molar-refractivity contribution in [3.8, 4) is 16.5 Å². The molecule has 3 aromatic rings. The molecule has 2 aromatic heterocycles. The van der Waals surface area contributed by atoms with E-state index in [1.165, 1.54) is 23.5 Å². The lowest BCUT2D eigenvalue weighted by Crippen LogP contribution is -2.42. The number of fused-ring (bicyclic) bond motifs is 1. The Hall–Kier alpha value is -2.80. The van der Waals surface area contributed by atoms with E-state index in [-0.39, 0.29) is 12.0 Å². The van der Waals surface area contributed by atoms with Gasteiger partial charge in [-0.2, -0.15) is 0 Å². The molecule has 0 radical (unpaired) electrons. The van der Waals surface area contributed by atoms with Gasteiger partial charge in [0, 0.05) is 12.3 Å². The Morgan fingerprint density at radius 3 is 3.00 bits per heavy atom. The quantitative estimate of drug-likeness (QED) is 0.702. The number of thiazole rings is 1. The molecule has 1 amide bonds. The third-order valence-electron chi connectivity index (χ3n) is 3.83. The van der Waals surface area contributed by atoms with Gasteiger partial charge >= 0.3 is 0 Å². The van der Waals surface area contributed by atoms with Gasteiger partial charge in [-0.15, -0.1) is 11.3 Å². The third-order valence-corrected chi connectivity index (χ3v) is 4.83. The van der Waals surface area contributed by atoms with Crippen LogP contribution in [0.5, 0.6) is 5.75 Å². The van der Waals surface area contributed by atoms with Crippen LogP contribution in [-0.2, 0) is 0 Å². The van der Waals surface area contributed by atoms with E-state index in [2.05, 4.69) is 9.97 Å². The molecular formula is C18H14FN3O2S. The molecule has 0 bridgehead atoms. The van der Waals surface area contributed by atoms with Gasteiger partial charge in [0.15, 0.2) is 0 Å². The number of benzene rings is 1. The van der Waals surface area contributed by atoms with Crippen molar-refractivity contribution in [1.82, 2.24) is 9.97 Å². The average Bonchev–Trinajstić information content (AvgIpc) is 3.11. The SMILES string of the molecule is C[C@H]1CN(C(=O)c2cnc(-c3ccccn3)s2)c2ccc(F)cc2O1. The summed E-state index contributed by atoms with van der Waals surface area (Å²) in [6.45, 7) is 2.24. The molecule has 5 nitrogen and oxygen atoms in total. The second kappa shape index (κ2) is 6.25. The first-order valence-electron chi connectivity index (χ1n) is 7.77. The van der Waals surface area contributed by atoms with E-state index in [1.807, 2.05) is 25.1 Å². The van der Waals surface area contributed by atoms with Crippen LogP contribution < -0.4 is 9.64 Å². The van der Waals surface area contributed by atoms with Crippen molar-refractivity contribution >= 4 is 22.9 Å². The van der Waals surface area contributed by atoms with Gasteiger partial charge in [0.2, 0.25) is 0 Å². The summed E-state index contributed by atoms with van der Waals surface area (Å²) in [5.74, 6) is -0.195. The molecule has 1 aromatic carbocycles. The zero-order valence-electron chi connectivity index (χ0n) is 13.3. The van der Waals surface area contributed by atoms with Crippen LogP contribution >= 0.6 is 11.3 Å². The number of carbonyl (C=O) groups is 1. The van der Waals surface area contributed by atoms with Gasteiger partial charge < -0.3 is 9.64 Å². The number of rotatable bonds is 2. The Labute approximate surface area is 147 Å². The number of carbonyl (C=O) groups excluding carboxylic acids is 1. The minimum atomic E-state index is -0.393. The summed E-state index contributed by atoms with van der Waals surface area (Å²) < 4.78 is 19.1. The molecule has 1 atom stereocenters. The number of amides is 1. The number of nitrogens with zero attached hydrogens (tertiary/aromatic N) is 3. The van der Waals surface area contributed by atoms with Gasteiger partial charge in [-0.1, -0.05) is 6.07 Å². The Morgan fingerprint density at radius 1 is 1.32 bits per heavy atom. The fourth-order valence-electron chi connectivity index (χ4n) is 2.72. The van der Waals surface area contributed by atoms with E-state index in [0.29, 0.717) is 27.9 Å². The maximum atomic E-state index is 13.5. The van der Waals surface area contributed by atoms with Crippen LogP contribution in [0.4, 0.5) is 10.1 Å². The molecular weight excluding hydrogens is 341 g/mol. The number of hydrogen-bond donors (Lipinski definition) is 0. The van der Waals surface area contributed by atoms with Crippen molar-refractivity contribution < 1.29 is 13.9 Å². The molecule has 126 valence electrons. The molecule has 0 N–H and O–H groups in total. The first kappa shape index (κ1) is 15.7. The maximum absolute atomic E-state index is 13.5. The molecule has 4 rings (SSSR count). The standard InChI is InChI=1S/C18H14FN3O2S/c1-11-10-22(14-6-5-12(19)8-15(14)24-11)18(23)16-9-21-17(25-16)13-4-2-3-7-20-13/h2-9,11H,10H2,1H3/t11-/m0/s1. The van der Waals surface area contributed by atoms with Crippen LogP contribution in [0.3, 0.4) is 0 Å². The molecule has 0 unspecified atom stereocenters. The average molecular weight is 355 g/mol. The first-order chi connectivity index (χ1) is 12.1. The molecule has 0 saturated heterocycles. The Morgan fingerprint density at radius 2 is 2.20 bits per heavy atom. The first-order valence-corrected chi connectivity index (χ1v) is 8.59. The second-order valence-corrected chi connectivity index (χ2v) is 6.73. The fraction of sp³-hybridized carbons (Fsp3) is 0.167. The van der Waals surface area contributed by atoms with Crippen LogP contribution in [0.1, 0.15) is 16.6 Å². The summed E-state index contributed by atoms with van der Waals surface area (Å²) in [4.78, 5) is 23.6. The maximum Gasteiger partial charge on any atom is 0.270 e. The van der Waals surface area contributed by atoms with Crippen LogP contribution in [-0.4, -0.2) is 28.5 Å². The van der Waals surface area contributed by atoms with Crippen LogP contribution in [0.15, 0.2) is 48.8 Å². The lowest BCUT2D eigenvalue weighted by Gasteiger charge is -2.33. The van der Waals surface area contributed by atoms with Crippen molar-refractivity contribution in [3.05, 3.63) is 59.5 Å². The lowest BCUT2D eigenvalue weighted by molar-refractivity contribution is 0.0964. The highest BCUT2D eigenvalue weighted by Gasteiger charge is 2.29. The van der Waals surface area contributed by atoms with Crippen molar-refractivity contribution in [3.63, 3.8) is 0 Å². The predicted molar refractivity (Wildman–Crippen MR) is 93.5 cm³/mol. The molecule has 25 heavy (non-hydrogen) atoms. The largest absolute Gasteiger partial charge is 0.487 e. The third kappa shape index (κ3) is 2.98. The second-order valence-electron chi connectivity index (χ2n) is 5.70. The van der Waals surface area contributed by atoms with Gasteiger partial charge in [-0.3, -0.25) is 9.78 Å². The van der Waals surface area contributed by atoms with Crippen molar-refractivity contribution in [2.24, 2.45) is 0 Å². The Kier molecular flexibility index (Phi) is 3.93. The van der Waals surface area contributed by atoms with Gasteiger partial charge in [0.1, 0.15) is 27.6 Å². The molecule has 0 saturated carbocycles. The number of halogens is 1. The zero-order chi connectivity index (χ0) is 17.4. The smallest absolute Gasteiger partial charge is 0.270 e. The number of hydrogen-bond acceptors (Lipinski definition) is 5. The number of pyridine rings is 1. The summed E-state index contributed by atoms with van der Waals surface area (Å²) in [6.07, 6.45) is 3.02. The number of aromatic nitrogens is 2. The topological polar surface area (TPSA) is 55.3 Å². The Bertz CT molecular complexity index is 929. The molecule has 0 aliphatic carbocycles. The van der Waals surface area contributed by atoms with Gasteiger partial charge in [-0.25, -0.2) is 9.37 Å². The monoisotopic (exact) mass is 355 g/mol. The van der Waals surface area contributed by atoms with Gasteiger partial charge in [0.05, 0.1) is 24.1 Å². The molecule has 0 fully saturated rings. The lowest BCUT2D eigenvalue weighted by atomic mass is 10.2. The van der Waals surface area contributed by atoms with Gasteiger partial charge in [0.25, 0.3) is 5.91 Å². The predicted octanol–water partition coefficient (Wildman–Crippen LogP) is 3.77. The molecule has 7 heteroatoms. The molecule has 1 aliphatic rings. The summed E-state index contributed by atoms with van der Waals surface area (Å²) in [5, 5.41) is 0.685. The van der Waals surface area contributed by atoms with E-state index in [4.69, 9.17) is 4.74 Å². The van der Waals surface area contributed by atoms with Crippen molar-refractivity contribution in [2.45, 2.75) is 13.0 Å². The summed E-state index contributed by atoms with van der Waals surface area (Å²) in [6, 6.07) is 9.74. The van der Waals surface area contributed by atoms with E-state index >= 15 is 0 Å². The van der Waals surface area contributed by atoms with E-state index < -0.39 is 5.82 Å². The number of anilines is 1. The highest BCUT2D eigenvalue weighted by atomic mass is 32.1. The van der Waals surface area contributed by atoms with Crippen LogP contribution in [0.25, 0.3) is 10.7 Å². The van der Waals surface area contributed by atoms with Crippen LogP contribution in [0, 0.1) is 5.82 Å².